The first kappa shape index (κ1) is 17.8. The molecule has 0 N–H and O–H groups in total. The van der Waals surface area contributed by atoms with E-state index in [2.05, 4.69) is 36.1 Å². The molecule has 1 fully saturated rings. The first-order valence-corrected chi connectivity index (χ1v) is 8.97. The van der Waals surface area contributed by atoms with Crippen molar-refractivity contribution < 1.29 is 9.53 Å². The van der Waals surface area contributed by atoms with Crippen LogP contribution in [0.3, 0.4) is 0 Å². The normalized spacial score (nSPS) is 13.5. The molecule has 3 rings (SSSR count). The molecule has 2 heteroatoms. The highest BCUT2D eigenvalue weighted by Gasteiger charge is 2.18. The lowest BCUT2D eigenvalue weighted by Crippen LogP contribution is -2.07. The molecule has 0 heterocycles. The predicted octanol–water partition coefficient (Wildman–Crippen LogP) is 5.26. The molecule has 1 aliphatic rings. The maximum absolute atomic E-state index is 12.3. The van der Waals surface area contributed by atoms with Crippen LogP contribution in [0.5, 0.6) is 0 Å². The average molecular weight is 342 g/mol. The number of benzene rings is 2. The van der Waals surface area contributed by atoms with E-state index >= 15 is 0 Å². The zero-order valence-corrected chi connectivity index (χ0v) is 14.7. The minimum absolute atomic E-state index is 0.266. The molecule has 1 aliphatic carbocycles. The fourth-order valence-electron chi connectivity index (χ4n) is 2.39. The van der Waals surface area contributed by atoms with Crippen LogP contribution in [-0.2, 0) is 4.74 Å². The molecule has 130 valence electrons. The van der Waals surface area contributed by atoms with Crippen molar-refractivity contribution in [2.75, 3.05) is 6.61 Å². The Labute approximate surface area is 155 Å². The Morgan fingerprint density at radius 3 is 2.58 bits per heavy atom. The second kappa shape index (κ2) is 9.44. The quantitative estimate of drug-likeness (QED) is 0.406. The molecule has 0 saturated heterocycles. The third kappa shape index (κ3) is 5.79. The third-order valence-electron chi connectivity index (χ3n) is 3.99. The highest BCUT2D eigenvalue weighted by Crippen LogP contribution is 2.27. The number of hydrogen-bond donors (Lipinski definition) is 0. The van der Waals surface area contributed by atoms with Crippen molar-refractivity contribution in [2.24, 2.45) is 5.92 Å². The molecule has 2 nitrogen and oxygen atoms in total. The summed E-state index contributed by atoms with van der Waals surface area (Å²) < 4.78 is 5.34. The van der Waals surface area contributed by atoms with Gasteiger partial charge in [0.1, 0.15) is 6.61 Å². The zero-order chi connectivity index (χ0) is 18.0. The van der Waals surface area contributed by atoms with Gasteiger partial charge in [0.15, 0.2) is 0 Å². The van der Waals surface area contributed by atoms with E-state index in [1.54, 1.807) is 6.07 Å². The van der Waals surface area contributed by atoms with Gasteiger partial charge in [0.25, 0.3) is 0 Å². The lowest BCUT2D eigenvalue weighted by molar-refractivity contribution is 0.0549. The van der Waals surface area contributed by atoms with Crippen molar-refractivity contribution in [3.63, 3.8) is 0 Å². The van der Waals surface area contributed by atoms with Crippen molar-refractivity contribution in [1.29, 1.82) is 0 Å². The summed E-state index contributed by atoms with van der Waals surface area (Å²) in [6.45, 7) is 0.266. The first-order valence-electron chi connectivity index (χ1n) is 8.97. The number of rotatable bonds is 6. The molecule has 0 bridgehead atoms. The van der Waals surface area contributed by atoms with Crippen LogP contribution in [0, 0.1) is 17.8 Å². The second-order valence-electron chi connectivity index (χ2n) is 6.21. The van der Waals surface area contributed by atoms with Crippen molar-refractivity contribution in [3.8, 4) is 11.8 Å². The second-order valence-corrected chi connectivity index (χ2v) is 6.21. The van der Waals surface area contributed by atoms with Crippen LogP contribution in [0.1, 0.15) is 40.7 Å². The summed E-state index contributed by atoms with van der Waals surface area (Å²) in [5.74, 6) is 6.49. The number of esters is 1. The van der Waals surface area contributed by atoms with Gasteiger partial charge in [-0.25, -0.2) is 4.79 Å². The van der Waals surface area contributed by atoms with E-state index in [0.717, 1.165) is 12.0 Å². The Kier molecular flexibility index (Phi) is 6.45. The van der Waals surface area contributed by atoms with E-state index in [0.29, 0.717) is 11.5 Å². The van der Waals surface area contributed by atoms with Crippen LogP contribution in [-0.4, -0.2) is 12.6 Å². The molecule has 0 radical (unpaired) electrons. The lowest BCUT2D eigenvalue weighted by Gasteiger charge is -2.04. The van der Waals surface area contributed by atoms with Gasteiger partial charge in [0.2, 0.25) is 0 Å². The van der Waals surface area contributed by atoms with Gasteiger partial charge in [0, 0.05) is 11.5 Å². The van der Waals surface area contributed by atoms with Crippen molar-refractivity contribution in [1.82, 2.24) is 0 Å². The van der Waals surface area contributed by atoms with E-state index in [-0.39, 0.29) is 12.6 Å². The van der Waals surface area contributed by atoms with Crippen LogP contribution in [0.4, 0.5) is 0 Å². The van der Waals surface area contributed by atoms with E-state index in [4.69, 9.17) is 4.74 Å². The van der Waals surface area contributed by atoms with Gasteiger partial charge in [-0.1, -0.05) is 78.6 Å². The molecule has 0 unspecified atom stereocenters. The monoisotopic (exact) mass is 342 g/mol. The molecule has 26 heavy (non-hydrogen) atoms. The van der Waals surface area contributed by atoms with Gasteiger partial charge in [0.05, 0.1) is 5.56 Å². The lowest BCUT2D eigenvalue weighted by atomic mass is 10.1. The molecule has 0 atom stereocenters. The SMILES string of the molecule is O=C(OC/C=C/C/C=C/c1ccccc1)c1ccccc1C#CC1CC1. The molecule has 0 aliphatic heterocycles. The molecular formula is C24H22O2. The van der Waals surface area contributed by atoms with Gasteiger partial charge in [-0.2, -0.15) is 0 Å². The largest absolute Gasteiger partial charge is 0.458 e. The minimum atomic E-state index is -0.324. The van der Waals surface area contributed by atoms with Crippen molar-refractivity contribution in [3.05, 3.63) is 89.5 Å². The van der Waals surface area contributed by atoms with Gasteiger partial charge < -0.3 is 4.74 Å². The molecule has 0 aromatic heterocycles. The summed E-state index contributed by atoms with van der Waals surface area (Å²) in [6, 6.07) is 17.5. The van der Waals surface area contributed by atoms with Crippen molar-refractivity contribution >= 4 is 12.0 Å². The number of ether oxygens (including phenoxy) is 1. The Hall–Kier alpha value is -3.05. The maximum atomic E-state index is 12.3. The molecule has 1 saturated carbocycles. The Morgan fingerprint density at radius 1 is 1.00 bits per heavy atom. The summed E-state index contributed by atoms with van der Waals surface area (Å²) in [5.41, 5.74) is 2.47. The maximum Gasteiger partial charge on any atom is 0.339 e. The number of carbonyl (C=O) groups excluding carboxylic acids is 1. The molecule has 2 aromatic carbocycles. The van der Waals surface area contributed by atoms with Gasteiger partial charge in [-0.05, 0) is 37.0 Å². The number of carbonyl (C=O) groups is 1. The van der Waals surface area contributed by atoms with Crippen LogP contribution >= 0.6 is 0 Å². The Bertz CT molecular complexity index is 847. The van der Waals surface area contributed by atoms with E-state index in [1.807, 2.05) is 48.6 Å². The zero-order valence-electron chi connectivity index (χ0n) is 14.7. The van der Waals surface area contributed by atoms with E-state index in [1.165, 1.54) is 18.4 Å². The summed E-state index contributed by atoms with van der Waals surface area (Å²) in [7, 11) is 0. The van der Waals surface area contributed by atoms with Gasteiger partial charge in [-0.15, -0.1) is 0 Å². The Morgan fingerprint density at radius 2 is 1.77 bits per heavy atom. The number of hydrogen-bond acceptors (Lipinski definition) is 2. The summed E-state index contributed by atoms with van der Waals surface area (Å²) in [6.07, 6.45) is 11.2. The smallest absolute Gasteiger partial charge is 0.339 e. The highest BCUT2D eigenvalue weighted by molar-refractivity contribution is 5.92. The fraction of sp³-hybridized carbons (Fsp3) is 0.208. The molecule has 0 spiro atoms. The third-order valence-corrected chi connectivity index (χ3v) is 3.99. The van der Waals surface area contributed by atoms with Crippen LogP contribution in [0.15, 0.2) is 72.8 Å². The fourth-order valence-corrected chi connectivity index (χ4v) is 2.39. The van der Waals surface area contributed by atoms with Gasteiger partial charge >= 0.3 is 5.97 Å². The van der Waals surface area contributed by atoms with E-state index < -0.39 is 0 Å². The molecular weight excluding hydrogens is 320 g/mol. The molecule has 2 aromatic rings. The van der Waals surface area contributed by atoms with E-state index in [9.17, 15) is 4.79 Å². The summed E-state index contributed by atoms with van der Waals surface area (Å²) in [5, 5.41) is 0. The molecule has 0 amide bonds. The number of allylic oxidation sites excluding steroid dienone is 2. The average Bonchev–Trinajstić information content (AvgIpc) is 3.51. The topological polar surface area (TPSA) is 26.3 Å². The van der Waals surface area contributed by atoms with Crippen molar-refractivity contribution in [2.45, 2.75) is 19.3 Å². The van der Waals surface area contributed by atoms with Gasteiger partial charge in [-0.3, -0.25) is 0 Å². The van der Waals surface area contributed by atoms with Crippen LogP contribution in [0.25, 0.3) is 6.08 Å². The summed E-state index contributed by atoms with van der Waals surface area (Å²) in [4.78, 5) is 12.3. The highest BCUT2D eigenvalue weighted by atomic mass is 16.5. The Balaban J connectivity index is 1.45. The standard InChI is InChI=1S/C24H22O2/c25-24(23-14-8-7-13-22(23)18-17-21-15-16-21)26-19-9-2-1-4-10-20-11-5-3-6-12-20/h2-14,21H,1,15-16,19H2/b9-2+,10-4+. The first-order chi connectivity index (χ1) is 12.8. The van der Waals surface area contributed by atoms with Crippen LogP contribution < -0.4 is 0 Å². The van der Waals surface area contributed by atoms with Crippen LogP contribution in [0.2, 0.25) is 0 Å². The summed E-state index contributed by atoms with van der Waals surface area (Å²) >= 11 is 0. The predicted molar refractivity (Wildman–Crippen MR) is 106 cm³/mol. The minimum Gasteiger partial charge on any atom is -0.458 e.